The number of piperazine rings is 1. The number of piperidine rings is 1. The van der Waals surface area contributed by atoms with Crippen LogP contribution in [0.4, 0.5) is 10.5 Å². The van der Waals surface area contributed by atoms with E-state index in [-0.39, 0.29) is 17.8 Å². The topological polar surface area (TPSA) is 81.8 Å². The van der Waals surface area contributed by atoms with Crippen LogP contribution in [-0.4, -0.2) is 58.9 Å². The third kappa shape index (κ3) is 5.19. The van der Waals surface area contributed by atoms with Gasteiger partial charge in [-0.25, -0.2) is 4.79 Å². The lowest BCUT2D eigenvalue weighted by molar-refractivity contribution is -0.161. The molecule has 2 N–H and O–H groups in total. The van der Waals surface area contributed by atoms with Crippen LogP contribution < -0.4 is 10.6 Å². The first-order valence-electron chi connectivity index (χ1n) is 12.7. The summed E-state index contributed by atoms with van der Waals surface area (Å²) >= 11 is 0. The number of nitrogens with zero attached hydrogens (tertiary/aromatic N) is 2. The Bertz CT molecular complexity index is 1040. The number of carbonyl (C=O) groups excluding carboxylic acids is 3. The van der Waals surface area contributed by atoms with Gasteiger partial charge in [0.05, 0.1) is 0 Å². The predicted octanol–water partition coefficient (Wildman–Crippen LogP) is 4.50. The Balaban J connectivity index is 1.40. The van der Waals surface area contributed by atoms with Gasteiger partial charge in [-0.1, -0.05) is 63.2 Å². The maximum absolute atomic E-state index is 13.3. The van der Waals surface area contributed by atoms with Crippen molar-refractivity contribution in [2.45, 2.75) is 58.0 Å². The van der Waals surface area contributed by atoms with E-state index in [1.54, 1.807) is 9.80 Å². The number of urea groups is 1. The van der Waals surface area contributed by atoms with Crippen LogP contribution >= 0.6 is 0 Å². The summed E-state index contributed by atoms with van der Waals surface area (Å²) < 4.78 is 0. The zero-order chi connectivity index (χ0) is 25.0. The molecule has 2 aromatic rings. The van der Waals surface area contributed by atoms with E-state index >= 15 is 0 Å². The maximum Gasteiger partial charge on any atom is 0.321 e. The summed E-state index contributed by atoms with van der Waals surface area (Å²) in [6, 6.07) is 17.2. The fourth-order valence-corrected chi connectivity index (χ4v) is 5.21. The second-order valence-electron chi connectivity index (χ2n) is 10.0. The van der Waals surface area contributed by atoms with E-state index in [1.165, 1.54) is 0 Å². The van der Waals surface area contributed by atoms with E-state index in [0.29, 0.717) is 44.8 Å². The molecule has 2 fully saturated rings. The van der Waals surface area contributed by atoms with Crippen molar-refractivity contribution < 1.29 is 14.4 Å². The number of benzene rings is 2. The van der Waals surface area contributed by atoms with Crippen molar-refractivity contribution in [1.29, 1.82) is 0 Å². The lowest BCUT2D eigenvalue weighted by atomic mass is 9.81. The lowest BCUT2D eigenvalue weighted by Gasteiger charge is -2.51. The van der Waals surface area contributed by atoms with E-state index in [2.05, 4.69) is 36.6 Å². The highest BCUT2D eigenvalue weighted by atomic mass is 16.2. The molecule has 0 bridgehead atoms. The van der Waals surface area contributed by atoms with E-state index < -0.39 is 11.6 Å². The average Bonchev–Trinajstić information content (AvgIpc) is 2.86. The van der Waals surface area contributed by atoms with Gasteiger partial charge in [0, 0.05) is 25.3 Å². The van der Waals surface area contributed by atoms with Gasteiger partial charge in [-0.2, -0.15) is 0 Å². The molecule has 0 radical (unpaired) electrons. The highest BCUT2D eigenvalue weighted by Gasteiger charge is 2.53. The molecule has 2 aromatic carbocycles. The molecule has 1 unspecified atom stereocenters. The van der Waals surface area contributed by atoms with Crippen LogP contribution in [0.1, 0.15) is 46.5 Å². The molecule has 35 heavy (non-hydrogen) atoms. The number of nitrogens with one attached hydrogen (secondary N) is 2. The predicted molar refractivity (Wildman–Crippen MR) is 138 cm³/mol. The molecule has 0 saturated carbocycles. The minimum atomic E-state index is -0.866. The summed E-state index contributed by atoms with van der Waals surface area (Å²) in [5, 5.41) is 5.97. The highest BCUT2D eigenvalue weighted by molar-refractivity contribution is 6.00. The molecule has 4 rings (SSSR count). The summed E-state index contributed by atoms with van der Waals surface area (Å²) in [4.78, 5) is 43.1. The first-order valence-corrected chi connectivity index (χ1v) is 12.7. The number of anilines is 1. The largest absolute Gasteiger partial charge is 0.342 e. The van der Waals surface area contributed by atoms with Gasteiger partial charge in [-0.05, 0) is 54.9 Å². The molecule has 7 nitrogen and oxygen atoms in total. The molecule has 7 heteroatoms. The molecule has 2 aliphatic heterocycles. The smallest absolute Gasteiger partial charge is 0.321 e. The molecule has 2 heterocycles. The maximum atomic E-state index is 13.3. The van der Waals surface area contributed by atoms with Gasteiger partial charge in [0.1, 0.15) is 11.6 Å². The van der Waals surface area contributed by atoms with Crippen molar-refractivity contribution in [2.75, 3.05) is 25.0 Å². The van der Waals surface area contributed by atoms with E-state index in [1.807, 2.05) is 49.4 Å². The van der Waals surface area contributed by atoms with E-state index in [4.69, 9.17) is 0 Å². The Morgan fingerprint density at radius 3 is 2.26 bits per heavy atom. The summed E-state index contributed by atoms with van der Waals surface area (Å²) in [5.74, 6) is 0.249. The fourth-order valence-electron chi connectivity index (χ4n) is 5.21. The molecule has 2 aliphatic rings. The molecule has 0 aromatic heterocycles. The number of hydrogen-bond acceptors (Lipinski definition) is 3. The van der Waals surface area contributed by atoms with Gasteiger partial charge in [-0.3, -0.25) is 9.59 Å². The van der Waals surface area contributed by atoms with Crippen LogP contribution in [0, 0.1) is 5.92 Å². The molecule has 186 valence electrons. The third-order valence-electron chi connectivity index (χ3n) is 7.08. The number of amides is 4. The molecule has 2 saturated heterocycles. The third-order valence-corrected chi connectivity index (χ3v) is 7.08. The van der Waals surface area contributed by atoms with Gasteiger partial charge in [0.25, 0.3) is 0 Å². The first kappa shape index (κ1) is 24.8. The molecular formula is C28H36N4O3. The Morgan fingerprint density at radius 1 is 1.03 bits per heavy atom. The lowest BCUT2D eigenvalue weighted by Crippen LogP contribution is -2.73. The second kappa shape index (κ2) is 10.5. The molecule has 4 amide bonds. The van der Waals surface area contributed by atoms with Crippen molar-refractivity contribution in [3.05, 3.63) is 54.6 Å². The fraction of sp³-hybridized carbons (Fsp3) is 0.464. The van der Waals surface area contributed by atoms with Crippen LogP contribution in [0.3, 0.4) is 0 Å². The standard InChI is InChI=1S/C28H36N4O3/c1-4-16-32-25(33)24(19-20(2)3)30-26(34)28(32)14-17-31(18-15-28)27(35)29-23-12-10-22(11-13-23)21-8-6-5-7-9-21/h5-13,20,24H,4,14-19H2,1-3H3,(H,29,35)(H,30,34). The van der Waals surface area contributed by atoms with Gasteiger partial charge < -0.3 is 20.4 Å². The van der Waals surface area contributed by atoms with Crippen LogP contribution in [0.15, 0.2) is 54.6 Å². The minimum absolute atomic E-state index is 0.0107. The molecule has 1 spiro atoms. The minimum Gasteiger partial charge on any atom is -0.342 e. The molecular weight excluding hydrogens is 440 g/mol. The van der Waals surface area contributed by atoms with Crippen LogP contribution in [0.25, 0.3) is 11.1 Å². The van der Waals surface area contributed by atoms with Gasteiger partial charge >= 0.3 is 6.03 Å². The van der Waals surface area contributed by atoms with E-state index in [0.717, 1.165) is 23.2 Å². The molecule has 0 aliphatic carbocycles. The Labute approximate surface area is 207 Å². The number of hydrogen-bond donors (Lipinski definition) is 2. The summed E-state index contributed by atoms with van der Waals surface area (Å²) in [6.45, 7) is 7.53. The quantitative estimate of drug-likeness (QED) is 0.644. The SMILES string of the molecule is CCCN1C(=O)C(CC(C)C)NC(=O)C12CCN(C(=O)Nc1ccc(-c3ccccc3)cc1)CC2. The van der Waals surface area contributed by atoms with Crippen LogP contribution in [-0.2, 0) is 9.59 Å². The van der Waals surface area contributed by atoms with Crippen molar-refractivity contribution in [3.63, 3.8) is 0 Å². The van der Waals surface area contributed by atoms with Crippen molar-refractivity contribution in [2.24, 2.45) is 5.92 Å². The Morgan fingerprint density at radius 2 is 1.66 bits per heavy atom. The average molecular weight is 477 g/mol. The van der Waals surface area contributed by atoms with Gasteiger partial charge in [0.2, 0.25) is 11.8 Å². The van der Waals surface area contributed by atoms with Gasteiger partial charge in [0.15, 0.2) is 0 Å². The zero-order valence-electron chi connectivity index (χ0n) is 20.9. The number of likely N-dealkylation sites (tertiary alicyclic amines) is 1. The number of rotatable bonds is 6. The highest BCUT2D eigenvalue weighted by Crippen LogP contribution is 2.34. The van der Waals surface area contributed by atoms with Crippen LogP contribution in [0.2, 0.25) is 0 Å². The van der Waals surface area contributed by atoms with Crippen LogP contribution in [0.5, 0.6) is 0 Å². The van der Waals surface area contributed by atoms with Crippen molar-refractivity contribution in [3.8, 4) is 11.1 Å². The first-order chi connectivity index (χ1) is 16.8. The second-order valence-corrected chi connectivity index (χ2v) is 10.0. The van der Waals surface area contributed by atoms with Crippen molar-refractivity contribution in [1.82, 2.24) is 15.1 Å². The Kier molecular flexibility index (Phi) is 7.43. The normalized spacial score (nSPS) is 19.7. The van der Waals surface area contributed by atoms with E-state index in [9.17, 15) is 14.4 Å². The zero-order valence-corrected chi connectivity index (χ0v) is 20.9. The van der Waals surface area contributed by atoms with Crippen molar-refractivity contribution >= 4 is 23.5 Å². The molecule has 1 atom stereocenters. The Hall–Kier alpha value is -3.35. The monoisotopic (exact) mass is 476 g/mol. The van der Waals surface area contributed by atoms with Gasteiger partial charge in [-0.15, -0.1) is 0 Å². The summed E-state index contributed by atoms with van der Waals surface area (Å²) in [5.41, 5.74) is 2.07. The summed E-state index contributed by atoms with van der Waals surface area (Å²) in [7, 11) is 0. The number of carbonyl (C=O) groups is 3. The summed E-state index contributed by atoms with van der Waals surface area (Å²) in [6.07, 6.45) is 2.31.